The van der Waals surface area contributed by atoms with Gasteiger partial charge in [-0.05, 0) is 48.4 Å². The fraction of sp³-hybridized carbons (Fsp3) is 0.308. The van der Waals surface area contributed by atoms with E-state index in [4.69, 9.17) is 4.98 Å². The topological polar surface area (TPSA) is 55.1 Å². The summed E-state index contributed by atoms with van der Waals surface area (Å²) in [6.07, 6.45) is 4.75. The molecule has 0 spiro atoms. The van der Waals surface area contributed by atoms with E-state index in [-0.39, 0.29) is 0 Å². The first kappa shape index (κ1) is 13.5. The standard InChI is InChI=1S/C13H15N5S2/c1-2-6-14-8-10-12(19-13-15-9-16-20-13)17-11-5-3-4-7-18(10)11/h3-5,7,9,14H,2,6,8H2,1H3. The van der Waals surface area contributed by atoms with Crippen molar-refractivity contribution in [2.45, 2.75) is 29.3 Å². The second-order valence-electron chi connectivity index (χ2n) is 4.28. The van der Waals surface area contributed by atoms with Crippen LogP contribution in [0.25, 0.3) is 5.65 Å². The lowest BCUT2D eigenvalue weighted by molar-refractivity contribution is 0.652. The van der Waals surface area contributed by atoms with Gasteiger partial charge in [-0.25, -0.2) is 9.97 Å². The monoisotopic (exact) mass is 305 g/mol. The fourth-order valence-corrected chi connectivity index (χ4v) is 3.43. The van der Waals surface area contributed by atoms with Crippen molar-refractivity contribution in [3.63, 3.8) is 0 Å². The number of nitrogens with one attached hydrogen (secondary N) is 1. The Labute approximate surface area is 125 Å². The Morgan fingerprint density at radius 1 is 1.40 bits per heavy atom. The Kier molecular flexibility index (Phi) is 4.29. The number of hydrogen-bond acceptors (Lipinski definition) is 6. The van der Waals surface area contributed by atoms with E-state index in [9.17, 15) is 0 Å². The quantitative estimate of drug-likeness (QED) is 0.710. The van der Waals surface area contributed by atoms with Crippen molar-refractivity contribution in [3.05, 3.63) is 36.4 Å². The van der Waals surface area contributed by atoms with Gasteiger partial charge in [0.05, 0.1) is 5.69 Å². The fourth-order valence-electron chi connectivity index (χ4n) is 1.94. The third-order valence-corrected chi connectivity index (χ3v) is 4.57. The van der Waals surface area contributed by atoms with Crippen LogP contribution in [0.15, 0.2) is 40.1 Å². The molecule has 0 aliphatic heterocycles. The van der Waals surface area contributed by atoms with Crippen molar-refractivity contribution in [2.24, 2.45) is 0 Å². The largest absolute Gasteiger partial charge is 0.311 e. The van der Waals surface area contributed by atoms with Gasteiger partial charge in [0, 0.05) is 12.7 Å². The van der Waals surface area contributed by atoms with Gasteiger partial charge in [0.15, 0.2) is 4.34 Å². The highest BCUT2D eigenvalue weighted by Gasteiger charge is 2.14. The lowest BCUT2D eigenvalue weighted by Gasteiger charge is -2.05. The predicted molar refractivity (Wildman–Crippen MR) is 81.2 cm³/mol. The number of aromatic nitrogens is 4. The Morgan fingerprint density at radius 2 is 2.35 bits per heavy atom. The normalized spacial score (nSPS) is 11.2. The molecule has 0 radical (unpaired) electrons. The van der Waals surface area contributed by atoms with Crippen LogP contribution < -0.4 is 5.32 Å². The highest BCUT2D eigenvalue weighted by atomic mass is 32.2. The number of hydrogen-bond donors (Lipinski definition) is 1. The zero-order chi connectivity index (χ0) is 13.8. The van der Waals surface area contributed by atoms with Crippen molar-refractivity contribution in [1.29, 1.82) is 0 Å². The summed E-state index contributed by atoms with van der Waals surface area (Å²) in [5.74, 6) is 0. The maximum Gasteiger partial charge on any atom is 0.176 e. The van der Waals surface area contributed by atoms with Crippen molar-refractivity contribution in [3.8, 4) is 0 Å². The van der Waals surface area contributed by atoms with Crippen LogP contribution in [0.3, 0.4) is 0 Å². The molecule has 0 aliphatic carbocycles. The van der Waals surface area contributed by atoms with Crippen LogP contribution in [0.4, 0.5) is 0 Å². The number of imidazole rings is 1. The minimum Gasteiger partial charge on any atom is -0.311 e. The SMILES string of the molecule is CCCNCc1c(Sc2ncns2)nc2ccccn12. The van der Waals surface area contributed by atoms with E-state index in [0.29, 0.717) is 0 Å². The van der Waals surface area contributed by atoms with E-state index in [2.05, 4.69) is 32.2 Å². The summed E-state index contributed by atoms with van der Waals surface area (Å²) >= 11 is 2.97. The van der Waals surface area contributed by atoms with Crippen LogP contribution in [-0.2, 0) is 6.54 Å². The van der Waals surface area contributed by atoms with E-state index in [1.807, 2.05) is 18.2 Å². The van der Waals surface area contributed by atoms with Crippen LogP contribution in [0.5, 0.6) is 0 Å². The molecule has 0 saturated carbocycles. The Morgan fingerprint density at radius 3 is 3.15 bits per heavy atom. The van der Waals surface area contributed by atoms with E-state index in [1.165, 1.54) is 17.2 Å². The molecule has 0 unspecified atom stereocenters. The summed E-state index contributed by atoms with van der Waals surface area (Å²) in [6.45, 7) is 3.97. The van der Waals surface area contributed by atoms with E-state index in [0.717, 1.165) is 34.5 Å². The van der Waals surface area contributed by atoms with Crippen molar-refractivity contribution >= 4 is 28.9 Å². The molecule has 0 saturated heterocycles. The number of pyridine rings is 1. The molecule has 5 nitrogen and oxygen atoms in total. The summed E-state index contributed by atoms with van der Waals surface area (Å²) in [6, 6.07) is 6.05. The molecule has 0 bridgehead atoms. The second kappa shape index (κ2) is 6.34. The molecule has 3 heterocycles. The predicted octanol–water partition coefficient (Wildman–Crippen LogP) is 2.84. The van der Waals surface area contributed by atoms with Gasteiger partial charge in [-0.2, -0.15) is 4.37 Å². The summed E-state index contributed by atoms with van der Waals surface area (Å²) in [5.41, 5.74) is 2.14. The molecular formula is C13H15N5S2. The van der Waals surface area contributed by atoms with Gasteiger partial charge in [0.1, 0.15) is 17.0 Å². The van der Waals surface area contributed by atoms with Gasteiger partial charge >= 0.3 is 0 Å². The molecular weight excluding hydrogens is 290 g/mol. The molecule has 0 aliphatic rings. The van der Waals surface area contributed by atoms with Crippen LogP contribution in [-0.4, -0.2) is 25.3 Å². The zero-order valence-corrected chi connectivity index (χ0v) is 12.7. The van der Waals surface area contributed by atoms with Gasteiger partial charge in [-0.3, -0.25) is 0 Å². The van der Waals surface area contributed by atoms with Crippen LogP contribution in [0, 0.1) is 0 Å². The van der Waals surface area contributed by atoms with Gasteiger partial charge in [-0.1, -0.05) is 13.0 Å². The molecule has 0 amide bonds. The van der Waals surface area contributed by atoms with Gasteiger partial charge in [0.2, 0.25) is 0 Å². The first-order chi connectivity index (χ1) is 9.88. The zero-order valence-electron chi connectivity index (χ0n) is 11.1. The third-order valence-electron chi connectivity index (χ3n) is 2.84. The first-order valence-corrected chi connectivity index (χ1v) is 8.08. The molecule has 104 valence electrons. The molecule has 7 heteroatoms. The average Bonchev–Trinajstić information content (AvgIpc) is 3.08. The minimum absolute atomic E-state index is 0.806. The molecule has 3 rings (SSSR count). The van der Waals surface area contributed by atoms with E-state index in [1.54, 1.807) is 18.1 Å². The van der Waals surface area contributed by atoms with E-state index < -0.39 is 0 Å². The van der Waals surface area contributed by atoms with Gasteiger partial charge < -0.3 is 9.72 Å². The van der Waals surface area contributed by atoms with Crippen LogP contribution in [0.2, 0.25) is 0 Å². The summed E-state index contributed by atoms with van der Waals surface area (Å²) in [5, 5.41) is 4.44. The smallest absolute Gasteiger partial charge is 0.176 e. The lowest BCUT2D eigenvalue weighted by atomic mass is 10.4. The highest BCUT2D eigenvalue weighted by Crippen LogP contribution is 2.30. The first-order valence-electron chi connectivity index (χ1n) is 6.49. The van der Waals surface area contributed by atoms with E-state index >= 15 is 0 Å². The van der Waals surface area contributed by atoms with Crippen molar-refractivity contribution in [2.75, 3.05) is 6.54 Å². The molecule has 0 atom stereocenters. The molecule has 3 aromatic rings. The minimum atomic E-state index is 0.806. The van der Waals surface area contributed by atoms with Crippen LogP contribution in [0.1, 0.15) is 19.0 Å². The summed E-state index contributed by atoms with van der Waals surface area (Å²) in [4.78, 5) is 8.91. The number of nitrogens with zero attached hydrogens (tertiary/aromatic N) is 4. The summed E-state index contributed by atoms with van der Waals surface area (Å²) in [7, 11) is 0. The molecule has 3 aromatic heterocycles. The maximum absolute atomic E-state index is 4.69. The third kappa shape index (κ3) is 2.84. The second-order valence-corrected chi connectivity index (χ2v) is 6.29. The molecule has 1 N–H and O–H groups in total. The number of fused-ring (bicyclic) bond motifs is 1. The lowest BCUT2D eigenvalue weighted by Crippen LogP contribution is -2.15. The highest BCUT2D eigenvalue weighted by molar-refractivity contribution is 8.00. The molecule has 20 heavy (non-hydrogen) atoms. The number of rotatable bonds is 6. The van der Waals surface area contributed by atoms with Gasteiger partial charge in [-0.15, -0.1) is 0 Å². The summed E-state index contributed by atoms with van der Waals surface area (Å²) < 4.78 is 7.09. The Bertz CT molecular complexity index is 677. The Hall–Kier alpha value is -1.44. The molecule has 0 aromatic carbocycles. The van der Waals surface area contributed by atoms with Crippen molar-refractivity contribution in [1.82, 2.24) is 24.1 Å². The van der Waals surface area contributed by atoms with Crippen molar-refractivity contribution < 1.29 is 0 Å². The average molecular weight is 305 g/mol. The van der Waals surface area contributed by atoms with Crippen LogP contribution >= 0.6 is 23.3 Å². The maximum atomic E-state index is 4.69. The Balaban J connectivity index is 1.94. The molecule has 0 fully saturated rings. The van der Waals surface area contributed by atoms with Gasteiger partial charge in [0.25, 0.3) is 0 Å².